The van der Waals surface area contributed by atoms with Gasteiger partial charge in [0.25, 0.3) is 5.91 Å². The first-order valence-corrected chi connectivity index (χ1v) is 11.9. The molecule has 1 aliphatic heterocycles. The van der Waals surface area contributed by atoms with Crippen LogP contribution in [0.15, 0.2) is 77.3 Å². The van der Waals surface area contributed by atoms with Crippen molar-refractivity contribution < 1.29 is 4.79 Å². The number of nitrogens with one attached hydrogen (secondary N) is 2. The lowest BCUT2D eigenvalue weighted by Gasteiger charge is -2.28. The number of amides is 1. The Morgan fingerprint density at radius 1 is 1.06 bits per heavy atom. The number of nitrogens with zero attached hydrogens (tertiary/aromatic N) is 4. The van der Waals surface area contributed by atoms with Crippen molar-refractivity contribution in [1.29, 1.82) is 0 Å². The van der Waals surface area contributed by atoms with Gasteiger partial charge in [-0.05, 0) is 67.3 Å². The quantitative estimate of drug-likeness (QED) is 0.414. The summed E-state index contributed by atoms with van der Waals surface area (Å²) in [6.07, 6.45) is 0. The molecule has 0 saturated heterocycles. The Balaban J connectivity index is 1.57. The molecule has 2 aromatic heterocycles. The number of para-hydroxylation sites is 1. The van der Waals surface area contributed by atoms with E-state index in [-0.39, 0.29) is 11.9 Å². The average molecular weight is 471 g/mol. The minimum Gasteiger partial charge on any atom is -0.378 e. The zero-order chi connectivity index (χ0) is 23.8. The molecule has 0 bridgehead atoms. The van der Waals surface area contributed by atoms with Gasteiger partial charge in [0, 0.05) is 41.6 Å². The molecule has 4 aromatic rings. The van der Waals surface area contributed by atoms with Crippen molar-refractivity contribution in [3.05, 3.63) is 87.8 Å². The summed E-state index contributed by atoms with van der Waals surface area (Å²) in [5, 5.41) is 13.3. The van der Waals surface area contributed by atoms with Gasteiger partial charge in [-0.3, -0.25) is 4.79 Å². The van der Waals surface area contributed by atoms with E-state index in [1.807, 2.05) is 85.7 Å². The van der Waals surface area contributed by atoms with Crippen LogP contribution in [0, 0.1) is 6.92 Å². The molecule has 5 rings (SSSR count). The predicted molar refractivity (Wildman–Crippen MR) is 138 cm³/mol. The summed E-state index contributed by atoms with van der Waals surface area (Å²) in [7, 11) is 4.02. The molecule has 172 valence electrons. The number of carbonyl (C=O) groups excluding carboxylic acids is 1. The standard InChI is InChI=1S/C26H26N6OS/c1-16-14-15-34-23(16)22-21(25(33)28-19-8-6-5-7-9-19)17(2)27-26-29-24(30-32(22)26)18-10-12-20(13-11-18)31(3)4/h5-15,22H,1-4H3,(H,28,33)(H,27,29,30). The minimum absolute atomic E-state index is 0.160. The largest absolute Gasteiger partial charge is 0.378 e. The summed E-state index contributed by atoms with van der Waals surface area (Å²) in [6, 6.07) is 19.3. The monoisotopic (exact) mass is 470 g/mol. The third-order valence-corrected chi connectivity index (χ3v) is 6.99. The van der Waals surface area contributed by atoms with Crippen LogP contribution in [0.1, 0.15) is 23.4 Å². The van der Waals surface area contributed by atoms with E-state index in [2.05, 4.69) is 28.5 Å². The molecule has 0 saturated carbocycles. The highest BCUT2D eigenvalue weighted by atomic mass is 32.1. The van der Waals surface area contributed by atoms with Crippen molar-refractivity contribution in [2.45, 2.75) is 19.9 Å². The molecule has 1 unspecified atom stereocenters. The summed E-state index contributed by atoms with van der Waals surface area (Å²) in [6.45, 7) is 3.98. The molecule has 1 amide bonds. The van der Waals surface area contributed by atoms with Gasteiger partial charge in [0.2, 0.25) is 5.95 Å². The van der Waals surface area contributed by atoms with E-state index >= 15 is 0 Å². The van der Waals surface area contributed by atoms with Crippen LogP contribution < -0.4 is 15.5 Å². The second-order valence-electron chi connectivity index (χ2n) is 8.50. The van der Waals surface area contributed by atoms with E-state index in [1.165, 1.54) is 0 Å². The molecule has 3 heterocycles. The van der Waals surface area contributed by atoms with E-state index in [1.54, 1.807) is 11.3 Å². The van der Waals surface area contributed by atoms with Crippen molar-refractivity contribution >= 4 is 34.6 Å². The van der Waals surface area contributed by atoms with Crippen LogP contribution in [-0.4, -0.2) is 34.8 Å². The summed E-state index contributed by atoms with van der Waals surface area (Å²) in [5.41, 5.74) is 5.29. The van der Waals surface area contributed by atoms with Crippen LogP contribution in [0.25, 0.3) is 11.4 Å². The first-order valence-electron chi connectivity index (χ1n) is 11.0. The molecule has 2 aromatic carbocycles. The fourth-order valence-electron chi connectivity index (χ4n) is 4.10. The predicted octanol–water partition coefficient (Wildman–Crippen LogP) is 5.31. The maximum atomic E-state index is 13.5. The number of anilines is 3. The van der Waals surface area contributed by atoms with E-state index < -0.39 is 0 Å². The SMILES string of the molecule is CC1=C(C(=O)Nc2ccccc2)C(c2sccc2C)n2nc(-c3ccc(N(C)C)cc3)nc2N1. The smallest absolute Gasteiger partial charge is 0.255 e. The highest BCUT2D eigenvalue weighted by molar-refractivity contribution is 7.10. The number of hydrogen-bond acceptors (Lipinski definition) is 6. The number of hydrogen-bond donors (Lipinski definition) is 2. The van der Waals surface area contributed by atoms with Gasteiger partial charge in [-0.25, -0.2) is 4.68 Å². The number of benzene rings is 2. The summed E-state index contributed by atoms with van der Waals surface area (Å²) < 4.78 is 1.83. The highest BCUT2D eigenvalue weighted by Crippen LogP contribution is 2.40. The van der Waals surface area contributed by atoms with Gasteiger partial charge >= 0.3 is 0 Å². The van der Waals surface area contributed by atoms with Crippen molar-refractivity contribution in [3.8, 4) is 11.4 Å². The molecule has 0 radical (unpaired) electrons. The van der Waals surface area contributed by atoms with Gasteiger partial charge in [0.15, 0.2) is 5.82 Å². The molecule has 34 heavy (non-hydrogen) atoms. The molecule has 0 fully saturated rings. The van der Waals surface area contributed by atoms with E-state index in [0.717, 1.165) is 33.1 Å². The summed E-state index contributed by atoms with van der Waals surface area (Å²) in [5.74, 6) is 1.08. The van der Waals surface area contributed by atoms with Gasteiger partial charge in [-0.2, -0.15) is 4.98 Å². The lowest BCUT2D eigenvalue weighted by molar-refractivity contribution is -0.113. The van der Waals surface area contributed by atoms with Crippen molar-refractivity contribution in [1.82, 2.24) is 14.8 Å². The molecule has 8 heteroatoms. The highest BCUT2D eigenvalue weighted by Gasteiger charge is 2.36. The number of aryl methyl sites for hydroxylation is 1. The van der Waals surface area contributed by atoms with Crippen LogP contribution in [0.3, 0.4) is 0 Å². The molecule has 0 spiro atoms. The Morgan fingerprint density at radius 2 is 1.79 bits per heavy atom. The maximum Gasteiger partial charge on any atom is 0.255 e. The van der Waals surface area contributed by atoms with Gasteiger partial charge in [-0.15, -0.1) is 16.4 Å². The third kappa shape index (κ3) is 3.97. The maximum absolute atomic E-state index is 13.5. The fourth-order valence-corrected chi connectivity index (χ4v) is 5.12. The van der Waals surface area contributed by atoms with Gasteiger partial charge in [-0.1, -0.05) is 18.2 Å². The second kappa shape index (κ2) is 8.79. The lowest BCUT2D eigenvalue weighted by Crippen LogP contribution is -2.31. The van der Waals surface area contributed by atoms with Gasteiger partial charge in [0.1, 0.15) is 6.04 Å². The Morgan fingerprint density at radius 3 is 2.44 bits per heavy atom. The number of carbonyl (C=O) groups is 1. The van der Waals surface area contributed by atoms with Crippen LogP contribution in [0.4, 0.5) is 17.3 Å². The van der Waals surface area contributed by atoms with Crippen molar-refractivity contribution in [2.75, 3.05) is 29.6 Å². The van der Waals surface area contributed by atoms with Crippen molar-refractivity contribution in [2.24, 2.45) is 0 Å². The summed E-state index contributed by atoms with van der Waals surface area (Å²) >= 11 is 1.62. The van der Waals surface area contributed by atoms with E-state index in [4.69, 9.17) is 10.1 Å². The van der Waals surface area contributed by atoms with E-state index in [0.29, 0.717) is 17.3 Å². The Kier molecular flexibility index (Phi) is 5.67. The lowest BCUT2D eigenvalue weighted by atomic mass is 9.99. The average Bonchev–Trinajstić information content (AvgIpc) is 3.44. The Hall–Kier alpha value is -3.91. The summed E-state index contributed by atoms with van der Waals surface area (Å²) in [4.78, 5) is 21.4. The first kappa shape index (κ1) is 21.9. The number of rotatable bonds is 5. The third-order valence-electron chi connectivity index (χ3n) is 5.92. The van der Waals surface area contributed by atoms with Crippen LogP contribution >= 0.6 is 11.3 Å². The zero-order valence-corrected chi connectivity index (χ0v) is 20.4. The zero-order valence-electron chi connectivity index (χ0n) is 19.5. The van der Waals surface area contributed by atoms with Crippen molar-refractivity contribution in [3.63, 3.8) is 0 Å². The second-order valence-corrected chi connectivity index (χ2v) is 9.45. The molecular weight excluding hydrogens is 444 g/mol. The number of aromatic nitrogens is 3. The van der Waals surface area contributed by atoms with Crippen LogP contribution in [-0.2, 0) is 4.79 Å². The minimum atomic E-state index is -0.373. The Bertz CT molecular complexity index is 1370. The topological polar surface area (TPSA) is 75.1 Å². The molecule has 2 N–H and O–H groups in total. The van der Waals surface area contributed by atoms with Gasteiger partial charge in [0.05, 0.1) is 5.57 Å². The number of fused-ring (bicyclic) bond motifs is 1. The molecular formula is C26H26N6OS. The molecule has 1 atom stereocenters. The van der Waals surface area contributed by atoms with Crippen LogP contribution in [0.2, 0.25) is 0 Å². The number of thiophene rings is 1. The molecule has 0 aliphatic carbocycles. The van der Waals surface area contributed by atoms with E-state index in [9.17, 15) is 4.79 Å². The normalized spacial score (nSPS) is 15.0. The molecule has 7 nitrogen and oxygen atoms in total. The van der Waals surface area contributed by atoms with Crippen LogP contribution in [0.5, 0.6) is 0 Å². The fraction of sp³-hybridized carbons (Fsp3) is 0.192. The van der Waals surface area contributed by atoms with Gasteiger partial charge < -0.3 is 15.5 Å². The molecule has 1 aliphatic rings. The first-order chi connectivity index (χ1) is 16.4. The Labute approximate surface area is 202 Å². The number of allylic oxidation sites excluding steroid dienone is 1.